The first-order valence-corrected chi connectivity index (χ1v) is 12.8. The van der Waals surface area contributed by atoms with Crippen molar-refractivity contribution in [2.24, 2.45) is 52.3 Å². The Morgan fingerprint density at radius 1 is 0.893 bits per heavy atom. The van der Waals surface area contributed by atoms with Crippen LogP contribution in [-0.4, -0.2) is 5.78 Å². The second kappa shape index (κ2) is 7.73. The molecule has 4 aliphatic rings. The van der Waals surface area contributed by atoms with Gasteiger partial charge in [-0.15, -0.1) is 0 Å². The van der Waals surface area contributed by atoms with Crippen LogP contribution in [0.2, 0.25) is 0 Å². The van der Waals surface area contributed by atoms with E-state index in [4.69, 9.17) is 0 Å². The average Bonchev–Trinajstić information content (AvgIpc) is 2.98. The van der Waals surface area contributed by atoms with Crippen molar-refractivity contribution in [1.29, 1.82) is 0 Å². The van der Waals surface area contributed by atoms with E-state index in [2.05, 4.69) is 34.6 Å². The molecule has 0 spiro atoms. The van der Waals surface area contributed by atoms with Gasteiger partial charge in [0.1, 0.15) is 5.78 Å². The second-order valence-corrected chi connectivity index (χ2v) is 12.4. The van der Waals surface area contributed by atoms with E-state index in [1.165, 1.54) is 64.2 Å². The zero-order valence-electron chi connectivity index (χ0n) is 19.4. The topological polar surface area (TPSA) is 17.1 Å². The lowest BCUT2D eigenvalue weighted by molar-refractivity contribution is -0.142. The van der Waals surface area contributed by atoms with Crippen LogP contribution in [0.4, 0.5) is 0 Å². The molecule has 0 aromatic rings. The molecule has 4 rings (SSSR count). The van der Waals surface area contributed by atoms with Crippen LogP contribution in [-0.2, 0) is 4.79 Å². The largest absolute Gasteiger partial charge is 0.300 e. The van der Waals surface area contributed by atoms with Crippen molar-refractivity contribution in [3.63, 3.8) is 0 Å². The van der Waals surface area contributed by atoms with Crippen LogP contribution in [0.3, 0.4) is 0 Å². The SMILES string of the molecule is CC(C)CCC[C@@H](C)C1CCC2C3CC[C@H]4CCC(=O)CC4(C)C3CCC21C. The number of ketones is 1. The van der Waals surface area contributed by atoms with Crippen molar-refractivity contribution in [3.05, 3.63) is 0 Å². The molecule has 1 nitrogen and oxygen atoms in total. The van der Waals surface area contributed by atoms with Crippen molar-refractivity contribution >= 4 is 5.78 Å². The maximum Gasteiger partial charge on any atom is 0.133 e. The summed E-state index contributed by atoms with van der Waals surface area (Å²) in [5, 5.41) is 0. The zero-order chi connectivity index (χ0) is 20.1. The van der Waals surface area contributed by atoms with E-state index >= 15 is 0 Å². The molecule has 8 atom stereocenters. The van der Waals surface area contributed by atoms with Gasteiger partial charge in [0.2, 0.25) is 0 Å². The van der Waals surface area contributed by atoms with Gasteiger partial charge < -0.3 is 0 Å². The van der Waals surface area contributed by atoms with Gasteiger partial charge in [0, 0.05) is 12.8 Å². The Morgan fingerprint density at radius 2 is 1.64 bits per heavy atom. The molecule has 160 valence electrons. The van der Waals surface area contributed by atoms with E-state index in [1.807, 2.05) is 0 Å². The van der Waals surface area contributed by atoms with Gasteiger partial charge in [0.05, 0.1) is 0 Å². The van der Waals surface area contributed by atoms with Crippen molar-refractivity contribution in [2.75, 3.05) is 0 Å². The van der Waals surface area contributed by atoms with Crippen molar-refractivity contribution in [1.82, 2.24) is 0 Å². The summed E-state index contributed by atoms with van der Waals surface area (Å²) < 4.78 is 0. The summed E-state index contributed by atoms with van der Waals surface area (Å²) in [4.78, 5) is 12.4. The van der Waals surface area contributed by atoms with Crippen molar-refractivity contribution in [2.45, 2.75) is 112 Å². The molecule has 0 bridgehead atoms. The van der Waals surface area contributed by atoms with Crippen LogP contribution in [0.5, 0.6) is 0 Å². The molecule has 4 aliphatic carbocycles. The summed E-state index contributed by atoms with van der Waals surface area (Å²) in [5.74, 6) is 6.79. The molecular formula is C27H46O. The molecule has 0 amide bonds. The highest BCUT2D eigenvalue weighted by atomic mass is 16.1. The van der Waals surface area contributed by atoms with Gasteiger partial charge in [-0.1, -0.05) is 53.9 Å². The Kier molecular flexibility index (Phi) is 5.78. The Balaban J connectivity index is 1.48. The number of hydrogen-bond donors (Lipinski definition) is 0. The van der Waals surface area contributed by atoms with Crippen LogP contribution < -0.4 is 0 Å². The number of carbonyl (C=O) groups excluding carboxylic acids is 1. The Hall–Kier alpha value is -0.330. The zero-order valence-corrected chi connectivity index (χ0v) is 19.4. The van der Waals surface area contributed by atoms with Crippen LogP contribution >= 0.6 is 0 Å². The number of hydrogen-bond acceptors (Lipinski definition) is 1. The van der Waals surface area contributed by atoms with E-state index in [0.29, 0.717) is 16.6 Å². The van der Waals surface area contributed by atoms with Gasteiger partial charge in [-0.05, 0) is 97.2 Å². The lowest BCUT2D eigenvalue weighted by Crippen LogP contribution is -2.54. The lowest BCUT2D eigenvalue weighted by Gasteiger charge is -2.60. The summed E-state index contributed by atoms with van der Waals surface area (Å²) in [7, 11) is 0. The molecular weight excluding hydrogens is 340 g/mol. The third kappa shape index (κ3) is 3.41. The minimum atomic E-state index is 0.334. The third-order valence-electron chi connectivity index (χ3n) is 10.6. The molecule has 28 heavy (non-hydrogen) atoms. The molecule has 4 saturated carbocycles. The minimum absolute atomic E-state index is 0.334. The van der Waals surface area contributed by atoms with Crippen LogP contribution in [0.1, 0.15) is 112 Å². The maximum atomic E-state index is 12.4. The van der Waals surface area contributed by atoms with Gasteiger partial charge >= 0.3 is 0 Å². The molecule has 6 unspecified atom stereocenters. The monoisotopic (exact) mass is 386 g/mol. The fraction of sp³-hybridized carbons (Fsp3) is 0.963. The molecule has 0 N–H and O–H groups in total. The van der Waals surface area contributed by atoms with Crippen molar-refractivity contribution < 1.29 is 4.79 Å². The second-order valence-electron chi connectivity index (χ2n) is 12.4. The minimum Gasteiger partial charge on any atom is -0.300 e. The first-order valence-electron chi connectivity index (χ1n) is 12.8. The highest BCUT2D eigenvalue weighted by molar-refractivity contribution is 5.80. The molecule has 0 radical (unpaired) electrons. The van der Waals surface area contributed by atoms with Crippen molar-refractivity contribution in [3.8, 4) is 0 Å². The molecule has 0 heterocycles. The third-order valence-corrected chi connectivity index (χ3v) is 10.6. The molecule has 4 fully saturated rings. The van der Waals surface area contributed by atoms with Crippen LogP contribution in [0.25, 0.3) is 0 Å². The average molecular weight is 387 g/mol. The number of carbonyl (C=O) groups is 1. The maximum absolute atomic E-state index is 12.4. The Morgan fingerprint density at radius 3 is 2.39 bits per heavy atom. The summed E-state index contributed by atoms with van der Waals surface area (Å²) in [6.45, 7) is 12.5. The normalized spacial score (nSPS) is 46.8. The van der Waals surface area contributed by atoms with E-state index in [1.54, 1.807) is 0 Å². The van der Waals surface area contributed by atoms with Gasteiger partial charge in [-0.2, -0.15) is 0 Å². The van der Waals surface area contributed by atoms with Gasteiger partial charge in [0.25, 0.3) is 0 Å². The Labute approximate surface area is 174 Å². The smallest absolute Gasteiger partial charge is 0.133 e. The molecule has 0 aliphatic heterocycles. The van der Waals surface area contributed by atoms with E-state index in [0.717, 1.165) is 54.3 Å². The summed E-state index contributed by atoms with van der Waals surface area (Å²) >= 11 is 0. The quantitative estimate of drug-likeness (QED) is 0.473. The van der Waals surface area contributed by atoms with Crippen LogP contribution in [0.15, 0.2) is 0 Å². The van der Waals surface area contributed by atoms with Gasteiger partial charge in [-0.3, -0.25) is 4.79 Å². The molecule has 1 heteroatoms. The van der Waals surface area contributed by atoms with E-state index < -0.39 is 0 Å². The summed E-state index contributed by atoms with van der Waals surface area (Å²) in [6, 6.07) is 0. The summed E-state index contributed by atoms with van der Waals surface area (Å²) in [5.41, 5.74) is 0.917. The van der Waals surface area contributed by atoms with Crippen LogP contribution in [0, 0.1) is 52.3 Å². The lowest BCUT2D eigenvalue weighted by atomic mass is 9.44. The van der Waals surface area contributed by atoms with E-state index in [-0.39, 0.29) is 0 Å². The van der Waals surface area contributed by atoms with E-state index in [9.17, 15) is 4.79 Å². The molecule has 0 aromatic heterocycles. The van der Waals surface area contributed by atoms with Gasteiger partial charge in [0.15, 0.2) is 0 Å². The molecule has 0 saturated heterocycles. The fourth-order valence-corrected chi connectivity index (χ4v) is 9.16. The highest BCUT2D eigenvalue weighted by Crippen LogP contribution is 2.68. The number of Topliss-reactive ketones (excluding diaryl/α,β-unsaturated/α-hetero) is 1. The summed E-state index contributed by atoms with van der Waals surface area (Å²) in [6.07, 6.45) is 15.9. The van der Waals surface area contributed by atoms with Gasteiger partial charge in [-0.25, -0.2) is 0 Å². The first kappa shape index (κ1) is 20.9. The predicted octanol–water partition coefficient (Wildman–Crippen LogP) is 7.68. The predicted molar refractivity (Wildman–Crippen MR) is 118 cm³/mol. The fourth-order valence-electron chi connectivity index (χ4n) is 9.16. The number of fused-ring (bicyclic) bond motifs is 5. The Bertz CT molecular complexity index is 579. The number of rotatable bonds is 5. The first-order chi connectivity index (χ1) is 13.3. The molecule has 0 aromatic carbocycles. The highest BCUT2D eigenvalue weighted by Gasteiger charge is 2.60. The standard InChI is InChI=1S/C27H46O/c1-18(2)7-6-8-19(3)23-13-14-24-22-12-10-20-9-11-21(28)17-27(20,5)25(22)15-16-26(23,24)4/h18-20,22-25H,6-17H2,1-5H3/t19-,20-,22?,23?,24?,25?,26?,27?/m1/s1.